The van der Waals surface area contributed by atoms with Gasteiger partial charge >= 0.3 is 0 Å². The van der Waals surface area contributed by atoms with E-state index in [1.54, 1.807) is 12.1 Å². The second kappa shape index (κ2) is 5.84. The molecule has 1 aliphatic heterocycles. The minimum atomic E-state index is -0.248. The first-order chi connectivity index (χ1) is 11.3. The number of fused-ring (bicyclic) bond motifs is 1. The third kappa shape index (κ3) is 2.46. The fourth-order valence-electron chi connectivity index (χ4n) is 3.21. The number of nitrogens with zero attached hydrogens (tertiary/aromatic N) is 1. The van der Waals surface area contributed by atoms with Gasteiger partial charge < -0.3 is 5.32 Å². The van der Waals surface area contributed by atoms with Gasteiger partial charge in [0.15, 0.2) is 0 Å². The summed E-state index contributed by atoms with van der Waals surface area (Å²) in [5, 5.41) is 5.15. The molecule has 4 heteroatoms. The standard InChI is InChI=1S/C19H16ClFN2/c20-19-18(13-9-11-22-12-10-13)16-3-1-2-4-17(16)23(19)15-7-5-14(21)6-8-15/h1-9,22H,10-12H2. The molecule has 116 valence electrons. The van der Waals surface area contributed by atoms with Crippen LogP contribution in [0.25, 0.3) is 22.2 Å². The minimum Gasteiger partial charge on any atom is -0.313 e. The molecule has 2 heterocycles. The summed E-state index contributed by atoms with van der Waals surface area (Å²) in [5.74, 6) is -0.248. The van der Waals surface area contributed by atoms with Crippen molar-refractivity contribution in [3.63, 3.8) is 0 Å². The van der Waals surface area contributed by atoms with E-state index in [1.165, 1.54) is 17.7 Å². The number of hydrogen-bond donors (Lipinski definition) is 1. The number of benzene rings is 2. The molecule has 0 bridgehead atoms. The quantitative estimate of drug-likeness (QED) is 0.715. The van der Waals surface area contributed by atoms with E-state index in [4.69, 9.17) is 11.6 Å². The molecule has 0 aliphatic carbocycles. The lowest BCUT2D eigenvalue weighted by Gasteiger charge is -2.14. The minimum absolute atomic E-state index is 0.248. The van der Waals surface area contributed by atoms with Crippen molar-refractivity contribution >= 4 is 28.1 Å². The average Bonchev–Trinajstić information content (AvgIpc) is 2.88. The van der Waals surface area contributed by atoms with Crippen LogP contribution in [0, 0.1) is 5.82 Å². The molecule has 4 rings (SSSR count). The number of aromatic nitrogens is 1. The van der Waals surface area contributed by atoms with Crippen molar-refractivity contribution in [2.24, 2.45) is 0 Å². The summed E-state index contributed by atoms with van der Waals surface area (Å²) >= 11 is 6.77. The number of hydrogen-bond acceptors (Lipinski definition) is 1. The summed E-state index contributed by atoms with van der Waals surface area (Å²) in [4.78, 5) is 0. The van der Waals surface area contributed by atoms with Crippen molar-refractivity contribution in [2.75, 3.05) is 13.1 Å². The van der Waals surface area contributed by atoms with Crippen LogP contribution in [0.2, 0.25) is 5.15 Å². The van der Waals surface area contributed by atoms with Gasteiger partial charge in [-0.3, -0.25) is 4.57 Å². The van der Waals surface area contributed by atoms with E-state index < -0.39 is 0 Å². The summed E-state index contributed by atoms with van der Waals surface area (Å²) in [6.07, 6.45) is 3.16. The molecular formula is C19H16ClFN2. The van der Waals surface area contributed by atoms with Crippen LogP contribution in [0.3, 0.4) is 0 Å². The van der Waals surface area contributed by atoms with E-state index in [9.17, 15) is 4.39 Å². The normalized spacial score (nSPS) is 15.0. The first-order valence-electron chi connectivity index (χ1n) is 7.71. The molecule has 2 aromatic carbocycles. The Morgan fingerprint density at radius 3 is 2.57 bits per heavy atom. The Balaban J connectivity index is 2.00. The summed E-state index contributed by atoms with van der Waals surface area (Å²) in [7, 11) is 0. The molecule has 1 aliphatic rings. The van der Waals surface area contributed by atoms with Gasteiger partial charge in [0.25, 0.3) is 0 Å². The number of nitrogens with one attached hydrogen (secondary N) is 1. The van der Waals surface area contributed by atoms with Gasteiger partial charge in [-0.15, -0.1) is 0 Å². The average molecular weight is 327 g/mol. The highest BCUT2D eigenvalue weighted by Crippen LogP contribution is 2.38. The van der Waals surface area contributed by atoms with Crippen molar-refractivity contribution in [2.45, 2.75) is 6.42 Å². The van der Waals surface area contributed by atoms with Crippen LogP contribution in [-0.2, 0) is 0 Å². The van der Waals surface area contributed by atoms with E-state index in [2.05, 4.69) is 23.5 Å². The fourth-order valence-corrected chi connectivity index (χ4v) is 3.62. The second-order valence-corrected chi connectivity index (χ2v) is 6.04. The zero-order valence-electron chi connectivity index (χ0n) is 12.5. The van der Waals surface area contributed by atoms with Crippen LogP contribution in [0.1, 0.15) is 12.0 Å². The number of rotatable bonds is 2. The Labute approximate surface area is 139 Å². The smallest absolute Gasteiger partial charge is 0.123 e. The van der Waals surface area contributed by atoms with Crippen molar-refractivity contribution in [3.8, 4) is 5.69 Å². The van der Waals surface area contributed by atoms with Gasteiger partial charge in [0, 0.05) is 23.2 Å². The van der Waals surface area contributed by atoms with Crippen LogP contribution >= 0.6 is 11.6 Å². The Hall–Kier alpha value is -2.10. The number of halogens is 2. The predicted molar refractivity (Wildman–Crippen MR) is 93.7 cm³/mol. The predicted octanol–water partition coefficient (Wildman–Crippen LogP) is 4.80. The lowest BCUT2D eigenvalue weighted by molar-refractivity contribution is 0.627. The monoisotopic (exact) mass is 326 g/mol. The van der Waals surface area contributed by atoms with E-state index >= 15 is 0 Å². The highest BCUT2D eigenvalue weighted by Gasteiger charge is 2.20. The van der Waals surface area contributed by atoms with E-state index in [-0.39, 0.29) is 5.82 Å². The molecule has 0 fully saturated rings. The summed E-state index contributed by atoms with van der Waals surface area (Å²) < 4.78 is 15.2. The maximum absolute atomic E-state index is 13.3. The van der Waals surface area contributed by atoms with E-state index in [0.29, 0.717) is 5.15 Å². The van der Waals surface area contributed by atoms with Crippen LogP contribution in [-0.4, -0.2) is 17.7 Å². The third-order valence-electron chi connectivity index (χ3n) is 4.29. The van der Waals surface area contributed by atoms with E-state index in [0.717, 1.165) is 41.7 Å². The third-order valence-corrected chi connectivity index (χ3v) is 4.64. The van der Waals surface area contributed by atoms with E-state index in [1.807, 2.05) is 16.7 Å². The summed E-state index contributed by atoms with van der Waals surface area (Å²) in [6.45, 7) is 1.82. The van der Waals surface area contributed by atoms with Gasteiger partial charge in [-0.25, -0.2) is 4.39 Å². The zero-order chi connectivity index (χ0) is 15.8. The molecule has 0 amide bonds. The zero-order valence-corrected chi connectivity index (χ0v) is 13.3. The Kier molecular flexibility index (Phi) is 3.68. The second-order valence-electron chi connectivity index (χ2n) is 5.68. The maximum Gasteiger partial charge on any atom is 0.123 e. The molecule has 0 unspecified atom stereocenters. The van der Waals surface area contributed by atoms with Crippen molar-refractivity contribution in [1.29, 1.82) is 0 Å². The molecule has 1 aromatic heterocycles. The first kappa shape index (κ1) is 14.5. The van der Waals surface area contributed by atoms with Gasteiger partial charge in [-0.2, -0.15) is 0 Å². The van der Waals surface area contributed by atoms with Gasteiger partial charge in [-0.1, -0.05) is 35.9 Å². The molecule has 0 saturated heterocycles. The Bertz CT molecular complexity index is 894. The van der Waals surface area contributed by atoms with Crippen molar-refractivity contribution in [3.05, 3.63) is 71.1 Å². The molecule has 2 nitrogen and oxygen atoms in total. The SMILES string of the molecule is Fc1ccc(-n2c(Cl)c(C3=CCNCC3)c3ccccc32)cc1. The van der Waals surface area contributed by atoms with Crippen LogP contribution in [0.15, 0.2) is 54.6 Å². The summed E-state index contributed by atoms with van der Waals surface area (Å²) in [5.41, 5.74) is 4.27. The molecule has 0 atom stereocenters. The molecule has 23 heavy (non-hydrogen) atoms. The Morgan fingerprint density at radius 2 is 1.83 bits per heavy atom. The van der Waals surface area contributed by atoms with Gasteiger partial charge in [0.2, 0.25) is 0 Å². The van der Waals surface area contributed by atoms with Crippen LogP contribution in [0.4, 0.5) is 4.39 Å². The lowest BCUT2D eigenvalue weighted by Crippen LogP contribution is -2.20. The van der Waals surface area contributed by atoms with Gasteiger partial charge in [0.05, 0.1) is 5.52 Å². The molecular weight excluding hydrogens is 311 g/mol. The van der Waals surface area contributed by atoms with Crippen molar-refractivity contribution < 1.29 is 4.39 Å². The summed E-state index contributed by atoms with van der Waals surface area (Å²) in [6, 6.07) is 14.6. The first-order valence-corrected chi connectivity index (χ1v) is 8.08. The van der Waals surface area contributed by atoms with Gasteiger partial charge in [0.1, 0.15) is 11.0 Å². The lowest BCUT2D eigenvalue weighted by atomic mass is 10.00. The Morgan fingerprint density at radius 1 is 1.04 bits per heavy atom. The molecule has 3 aromatic rings. The molecule has 1 N–H and O–H groups in total. The van der Waals surface area contributed by atoms with Crippen molar-refractivity contribution in [1.82, 2.24) is 9.88 Å². The highest BCUT2D eigenvalue weighted by atomic mass is 35.5. The molecule has 0 saturated carbocycles. The highest BCUT2D eigenvalue weighted by molar-refractivity contribution is 6.33. The number of para-hydroxylation sites is 1. The van der Waals surface area contributed by atoms with Crippen LogP contribution < -0.4 is 5.32 Å². The fraction of sp³-hybridized carbons (Fsp3) is 0.158. The molecule has 0 spiro atoms. The molecule has 0 radical (unpaired) electrons. The maximum atomic E-state index is 13.3. The van der Waals surface area contributed by atoms with Crippen LogP contribution in [0.5, 0.6) is 0 Å². The van der Waals surface area contributed by atoms with Gasteiger partial charge in [-0.05, 0) is 48.9 Å². The topological polar surface area (TPSA) is 17.0 Å². The largest absolute Gasteiger partial charge is 0.313 e.